The van der Waals surface area contributed by atoms with Crippen molar-refractivity contribution in [3.63, 3.8) is 0 Å². The van der Waals surface area contributed by atoms with Gasteiger partial charge in [0.2, 0.25) is 0 Å². The monoisotopic (exact) mass is 226 g/mol. The first-order valence-corrected chi connectivity index (χ1v) is 5.14. The minimum absolute atomic E-state index is 0.172. The number of rotatable bonds is 2. The summed E-state index contributed by atoms with van der Waals surface area (Å²) in [5, 5.41) is 9.87. The van der Waals surface area contributed by atoms with Gasteiger partial charge in [0.15, 0.2) is 0 Å². The van der Waals surface area contributed by atoms with Crippen LogP contribution in [0.2, 0.25) is 0 Å². The third-order valence-electron chi connectivity index (χ3n) is 2.43. The van der Waals surface area contributed by atoms with Gasteiger partial charge in [0.05, 0.1) is 6.61 Å². The second-order valence-corrected chi connectivity index (χ2v) is 3.70. The normalized spacial score (nSPS) is 17.6. The summed E-state index contributed by atoms with van der Waals surface area (Å²) in [6.45, 7) is 0.528. The fourth-order valence-electron chi connectivity index (χ4n) is 1.66. The van der Waals surface area contributed by atoms with Crippen LogP contribution < -0.4 is 0 Å². The number of halogens is 2. The van der Waals surface area contributed by atoms with Crippen LogP contribution in [-0.4, -0.2) is 11.7 Å². The molecule has 4 heteroatoms. The molecule has 0 saturated carbocycles. The van der Waals surface area contributed by atoms with Crippen LogP contribution in [0.1, 0.15) is 24.5 Å². The zero-order valence-corrected chi connectivity index (χ0v) is 8.62. The Labute approximate surface area is 92.2 Å². The summed E-state index contributed by atoms with van der Waals surface area (Å²) in [6.07, 6.45) is 2.36. The van der Waals surface area contributed by atoms with E-state index in [0.29, 0.717) is 12.4 Å². The zero-order valence-electron chi connectivity index (χ0n) is 8.62. The van der Waals surface area contributed by atoms with E-state index in [-0.39, 0.29) is 5.56 Å². The summed E-state index contributed by atoms with van der Waals surface area (Å²) in [4.78, 5) is 0. The van der Waals surface area contributed by atoms with Crippen molar-refractivity contribution in [2.75, 3.05) is 6.61 Å². The molecule has 0 bridgehead atoms. The minimum atomic E-state index is -1.09. The zero-order chi connectivity index (χ0) is 11.5. The number of allylic oxidation sites excluding steroid dienone is 1. The van der Waals surface area contributed by atoms with E-state index in [9.17, 15) is 13.9 Å². The Balaban J connectivity index is 2.25. The number of hydrogen-bond acceptors (Lipinski definition) is 2. The van der Waals surface area contributed by atoms with E-state index in [0.717, 1.165) is 31.0 Å². The maximum Gasteiger partial charge on any atom is 0.136 e. The highest BCUT2D eigenvalue weighted by atomic mass is 19.1. The van der Waals surface area contributed by atoms with Gasteiger partial charge in [-0.1, -0.05) is 0 Å². The number of ether oxygens (including phenoxy) is 1. The summed E-state index contributed by atoms with van der Waals surface area (Å²) >= 11 is 0. The van der Waals surface area contributed by atoms with Crippen molar-refractivity contribution in [2.45, 2.75) is 18.9 Å². The lowest BCUT2D eigenvalue weighted by molar-refractivity contribution is 0.0914. The first-order chi connectivity index (χ1) is 7.66. The maximum atomic E-state index is 12.9. The lowest BCUT2D eigenvalue weighted by Crippen LogP contribution is -2.10. The fraction of sp³-hybridized carbons (Fsp3) is 0.333. The Hall–Kier alpha value is -1.42. The number of benzene rings is 1. The molecular formula is C12H12F2O2. The lowest BCUT2D eigenvalue weighted by Gasteiger charge is -2.20. The van der Waals surface area contributed by atoms with Crippen molar-refractivity contribution in [3.8, 4) is 0 Å². The quantitative estimate of drug-likeness (QED) is 0.840. The molecule has 1 N–H and O–H groups in total. The van der Waals surface area contributed by atoms with Gasteiger partial charge in [-0.3, -0.25) is 0 Å². The van der Waals surface area contributed by atoms with E-state index >= 15 is 0 Å². The molecule has 1 aliphatic heterocycles. The maximum absolute atomic E-state index is 12.9. The van der Waals surface area contributed by atoms with E-state index in [1.165, 1.54) is 0 Å². The van der Waals surface area contributed by atoms with Crippen molar-refractivity contribution in [1.82, 2.24) is 0 Å². The SMILES string of the molecule is OC(C1=CCCCO1)c1cc(F)cc(F)c1. The molecule has 1 atom stereocenters. The highest BCUT2D eigenvalue weighted by Crippen LogP contribution is 2.26. The van der Waals surface area contributed by atoms with Gasteiger partial charge in [0.25, 0.3) is 0 Å². The average molecular weight is 226 g/mol. The number of hydrogen-bond donors (Lipinski definition) is 1. The Morgan fingerprint density at radius 1 is 1.19 bits per heavy atom. The third kappa shape index (κ3) is 2.39. The molecule has 86 valence electrons. The summed E-state index contributed by atoms with van der Waals surface area (Å²) in [5.41, 5.74) is 0.172. The molecule has 1 aromatic carbocycles. The van der Waals surface area contributed by atoms with Crippen LogP contribution in [0.15, 0.2) is 30.0 Å². The van der Waals surface area contributed by atoms with Crippen LogP contribution in [-0.2, 0) is 4.74 Å². The van der Waals surface area contributed by atoms with E-state index in [1.807, 2.05) is 0 Å². The highest BCUT2D eigenvalue weighted by molar-refractivity contribution is 5.25. The molecule has 0 spiro atoms. The molecule has 0 fully saturated rings. The molecule has 0 aromatic heterocycles. The number of aliphatic hydroxyl groups excluding tert-OH is 1. The molecule has 1 unspecified atom stereocenters. The topological polar surface area (TPSA) is 29.5 Å². The molecule has 2 nitrogen and oxygen atoms in total. The lowest BCUT2D eigenvalue weighted by atomic mass is 10.1. The molecule has 1 heterocycles. The van der Waals surface area contributed by atoms with Crippen LogP contribution in [0.5, 0.6) is 0 Å². The van der Waals surface area contributed by atoms with Gasteiger partial charge in [-0.05, 0) is 36.6 Å². The molecule has 0 radical (unpaired) electrons. The van der Waals surface area contributed by atoms with Crippen molar-refractivity contribution in [3.05, 3.63) is 47.2 Å². The standard InChI is InChI=1S/C12H12F2O2/c13-9-5-8(6-10(14)7-9)12(15)11-3-1-2-4-16-11/h3,5-7,12,15H,1-2,4H2. The molecule has 1 aromatic rings. The van der Waals surface area contributed by atoms with Gasteiger partial charge in [-0.2, -0.15) is 0 Å². The van der Waals surface area contributed by atoms with Gasteiger partial charge in [0.1, 0.15) is 23.5 Å². The molecule has 1 aliphatic rings. The van der Waals surface area contributed by atoms with Crippen LogP contribution >= 0.6 is 0 Å². The second kappa shape index (κ2) is 4.61. The first kappa shape index (κ1) is 11.1. The van der Waals surface area contributed by atoms with Crippen LogP contribution in [0, 0.1) is 11.6 Å². The van der Waals surface area contributed by atoms with Gasteiger partial charge < -0.3 is 9.84 Å². The summed E-state index contributed by atoms with van der Waals surface area (Å²) in [5.74, 6) is -1.04. The summed E-state index contributed by atoms with van der Waals surface area (Å²) in [7, 11) is 0. The molecular weight excluding hydrogens is 214 g/mol. The van der Waals surface area contributed by atoms with E-state index in [4.69, 9.17) is 4.74 Å². The molecule has 16 heavy (non-hydrogen) atoms. The summed E-state index contributed by atoms with van der Waals surface area (Å²) in [6, 6.07) is 2.98. The molecule has 0 amide bonds. The second-order valence-electron chi connectivity index (χ2n) is 3.70. The van der Waals surface area contributed by atoms with Gasteiger partial charge in [0, 0.05) is 6.07 Å². The third-order valence-corrected chi connectivity index (χ3v) is 2.43. The van der Waals surface area contributed by atoms with Crippen molar-refractivity contribution < 1.29 is 18.6 Å². The van der Waals surface area contributed by atoms with Crippen LogP contribution in [0.3, 0.4) is 0 Å². The van der Waals surface area contributed by atoms with E-state index in [1.54, 1.807) is 6.08 Å². The summed E-state index contributed by atoms with van der Waals surface area (Å²) < 4.78 is 31.1. The van der Waals surface area contributed by atoms with Gasteiger partial charge in [-0.15, -0.1) is 0 Å². The first-order valence-electron chi connectivity index (χ1n) is 5.14. The van der Waals surface area contributed by atoms with Crippen molar-refractivity contribution in [2.24, 2.45) is 0 Å². The number of aliphatic hydroxyl groups is 1. The van der Waals surface area contributed by atoms with Crippen LogP contribution in [0.4, 0.5) is 8.78 Å². The predicted molar refractivity (Wildman–Crippen MR) is 54.6 cm³/mol. The van der Waals surface area contributed by atoms with Gasteiger partial charge in [-0.25, -0.2) is 8.78 Å². The minimum Gasteiger partial charge on any atom is -0.495 e. The molecule has 0 saturated heterocycles. The van der Waals surface area contributed by atoms with Crippen molar-refractivity contribution >= 4 is 0 Å². The Morgan fingerprint density at radius 3 is 2.44 bits per heavy atom. The van der Waals surface area contributed by atoms with E-state index in [2.05, 4.69) is 0 Å². The van der Waals surface area contributed by atoms with Crippen molar-refractivity contribution in [1.29, 1.82) is 0 Å². The average Bonchev–Trinajstić information content (AvgIpc) is 2.28. The highest BCUT2D eigenvalue weighted by Gasteiger charge is 2.18. The largest absolute Gasteiger partial charge is 0.495 e. The Kier molecular flexibility index (Phi) is 3.19. The predicted octanol–water partition coefficient (Wildman–Crippen LogP) is 2.69. The Morgan fingerprint density at radius 2 is 1.88 bits per heavy atom. The Bertz CT molecular complexity index is 395. The van der Waals surface area contributed by atoms with Gasteiger partial charge >= 0.3 is 0 Å². The van der Waals surface area contributed by atoms with E-state index < -0.39 is 17.7 Å². The molecule has 0 aliphatic carbocycles. The smallest absolute Gasteiger partial charge is 0.136 e. The molecule has 2 rings (SSSR count). The van der Waals surface area contributed by atoms with Crippen LogP contribution in [0.25, 0.3) is 0 Å². The fourth-order valence-corrected chi connectivity index (χ4v) is 1.66.